The summed E-state index contributed by atoms with van der Waals surface area (Å²) in [4.78, 5) is 6.86. The number of pyridine rings is 1. The van der Waals surface area contributed by atoms with Gasteiger partial charge in [0, 0.05) is 29.8 Å². The first-order valence-corrected chi connectivity index (χ1v) is 6.93. The molecule has 0 unspecified atom stereocenters. The normalized spacial score (nSPS) is 10.0. The molecule has 3 rings (SSSR count). The predicted molar refractivity (Wildman–Crippen MR) is 81.3 cm³/mol. The van der Waals surface area contributed by atoms with Gasteiger partial charge >= 0.3 is 27.3 Å². The van der Waals surface area contributed by atoms with Gasteiger partial charge in [-0.2, -0.15) is 41.5 Å². The summed E-state index contributed by atoms with van der Waals surface area (Å²) in [5.74, 6) is 0. The van der Waals surface area contributed by atoms with Gasteiger partial charge in [-0.15, -0.1) is 0 Å². The van der Waals surface area contributed by atoms with Gasteiger partial charge in [-0.1, -0.05) is 6.07 Å². The van der Waals surface area contributed by atoms with Gasteiger partial charge in [-0.3, -0.25) is 4.98 Å². The molecule has 4 heteroatoms. The van der Waals surface area contributed by atoms with E-state index in [2.05, 4.69) is 64.5 Å². The molecule has 2 nitrogen and oxygen atoms in total. The van der Waals surface area contributed by atoms with Crippen LogP contribution in [0.5, 0.6) is 0 Å². The molecular weight excluding hydrogens is 412 g/mol. The zero-order valence-corrected chi connectivity index (χ0v) is 17.6. The Labute approximate surface area is 162 Å². The van der Waals surface area contributed by atoms with Crippen LogP contribution >= 0.6 is 0 Å². The third kappa shape index (κ3) is 5.80. The van der Waals surface area contributed by atoms with Gasteiger partial charge in [0.25, 0.3) is 0 Å². The van der Waals surface area contributed by atoms with E-state index in [0.29, 0.717) is 0 Å². The summed E-state index contributed by atoms with van der Waals surface area (Å²) in [5.41, 5.74) is 3.82. The second-order valence-corrected chi connectivity index (χ2v) is 5.05. The van der Waals surface area contributed by atoms with E-state index in [4.69, 9.17) is 0 Å². The molecule has 0 bridgehead atoms. The SMILES string of the molecule is [Cd+2].[Fe].c1ccc(CN(Cc2cc[cH-]c2)Cc2ccc[cH-]2)nc1. The van der Waals surface area contributed by atoms with E-state index in [1.54, 1.807) is 0 Å². The minimum Gasteiger partial charge on any atom is -0.303 e. The number of hydrogen-bond acceptors (Lipinski definition) is 2. The molecule has 1 heterocycles. The van der Waals surface area contributed by atoms with Crippen LogP contribution in [-0.2, 0) is 64.0 Å². The maximum Gasteiger partial charge on any atom is 2.00 e. The molecular formula is C18H18CdFeN2. The average molecular weight is 431 g/mol. The van der Waals surface area contributed by atoms with E-state index in [9.17, 15) is 0 Å². The second kappa shape index (κ2) is 10.1. The summed E-state index contributed by atoms with van der Waals surface area (Å²) in [6.07, 6.45) is 1.86. The Morgan fingerprint density at radius 1 is 0.955 bits per heavy atom. The quantitative estimate of drug-likeness (QED) is 0.438. The molecule has 1 aromatic heterocycles. The third-order valence-corrected chi connectivity index (χ3v) is 3.39. The fraction of sp³-hybridized carbons (Fsp3) is 0.167. The molecule has 0 aliphatic carbocycles. The van der Waals surface area contributed by atoms with Crippen molar-refractivity contribution >= 4 is 0 Å². The van der Waals surface area contributed by atoms with Crippen LogP contribution in [-0.4, -0.2) is 9.88 Å². The van der Waals surface area contributed by atoms with Crippen LogP contribution in [0.1, 0.15) is 16.8 Å². The predicted octanol–water partition coefficient (Wildman–Crippen LogP) is 3.72. The van der Waals surface area contributed by atoms with Gasteiger partial charge in [0.1, 0.15) is 0 Å². The fourth-order valence-corrected chi connectivity index (χ4v) is 2.44. The van der Waals surface area contributed by atoms with Crippen LogP contribution in [0.4, 0.5) is 0 Å². The zero-order chi connectivity index (χ0) is 13.6. The van der Waals surface area contributed by atoms with Crippen molar-refractivity contribution in [1.82, 2.24) is 9.88 Å². The standard InChI is InChI=1S/C18H18N2.Cd.Fe/c1-2-8-16(7-1)13-20(14-17-9-3-4-10-17)15-18-11-5-6-12-19-18;;/h1-12H,13-15H2;;/q-2;+2;. The summed E-state index contributed by atoms with van der Waals surface area (Å²) in [6.45, 7) is 2.78. The maximum absolute atomic E-state index is 4.44. The van der Waals surface area contributed by atoms with E-state index >= 15 is 0 Å². The van der Waals surface area contributed by atoms with Crippen molar-refractivity contribution in [2.45, 2.75) is 19.6 Å². The van der Waals surface area contributed by atoms with Crippen molar-refractivity contribution in [3.05, 3.63) is 89.7 Å². The first-order chi connectivity index (χ1) is 9.90. The molecule has 0 fully saturated rings. The van der Waals surface area contributed by atoms with Crippen LogP contribution in [0.25, 0.3) is 0 Å². The summed E-state index contributed by atoms with van der Waals surface area (Å²) in [6, 6.07) is 23.2. The van der Waals surface area contributed by atoms with Crippen LogP contribution in [0.15, 0.2) is 72.9 Å². The van der Waals surface area contributed by atoms with Crippen LogP contribution < -0.4 is 0 Å². The molecule has 0 spiro atoms. The maximum atomic E-state index is 4.44. The Kier molecular flexibility index (Phi) is 8.87. The van der Waals surface area contributed by atoms with Crippen LogP contribution in [0.2, 0.25) is 0 Å². The Hall–Kier alpha value is -0.748. The summed E-state index contributed by atoms with van der Waals surface area (Å²) in [7, 11) is 0. The number of hydrogen-bond donors (Lipinski definition) is 0. The Morgan fingerprint density at radius 2 is 1.86 bits per heavy atom. The molecule has 0 atom stereocenters. The van der Waals surface area contributed by atoms with Crippen molar-refractivity contribution in [1.29, 1.82) is 0 Å². The van der Waals surface area contributed by atoms with Crippen molar-refractivity contribution in [2.75, 3.05) is 0 Å². The van der Waals surface area contributed by atoms with Gasteiger partial charge < -0.3 is 4.90 Å². The minimum atomic E-state index is 0. The van der Waals surface area contributed by atoms with Gasteiger partial charge in [0.15, 0.2) is 0 Å². The largest absolute Gasteiger partial charge is 2.00 e. The zero-order valence-electron chi connectivity index (χ0n) is 12.5. The summed E-state index contributed by atoms with van der Waals surface area (Å²) in [5, 5.41) is 0. The fourth-order valence-electron chi connectivity index (χ4n) is 2.44. The first kappa shape index (κ1) is 19.3. The molecule has 0 aliphatic rings. The summed E-state index contributed by atoms with van der Waals surface area (Å²) < 4.78 is 0. The van der Waals surface area contributed by atoms with E-state index in [1.807, 2.05) is 18.3 Å². The first-order valence-electron chi connectivity index (χ1n) is 6.93. The average Bonchev–Trinajstić information content (AvgIpc) is 3.13. The molecule has 110 valence electrons. The molecule has 0 N–H and O–H groups in total. The molecule has 0 saturated heterocycles. The van der Waals surface area contributed by atoms with Crippen molar-refractivity contribution < 1.29 is 44.4 Å². The van der Waals surface area contributed by atoms with E-state index < -0.39 is 0 Å². The monoisotopic (exact) mass is 432 g/mol. The van der Waals surface area contributed by atoms with Gasteiger partial charge in [-0.05, 0) is 25.2 Å². The van der Waals surface area contributed by atoms with Crippen LogP contribution in [0, 0.1) is 0 Å². The minimum absolute atomic E-state index is 0. The van der Waals surface area contributed by atoms with Gasteiger partial charge in [0.2, 0.25) is 0 Å². The number of aromatic nitrogens is 1. The Morgan fingerprint density at radius 3 is 2.50 bits per heavy atom. The molecule has 3 aromatic rings. The van der Waals surface area contributed by atoms with Crippen molar-refractivity contribution in [2.24, 2.45) is 0 Å². The number of rotatable bonds is 6. The molecule has 0 saturated carbocycles. The van der Waals surface area contributed by atoms with E-state index in [1.165, 1.54) is 11.1 Å². The molecule has 2 aromatic carbocycles. The number of nitrogens with zero attached hydrogens (tertiary/aromatic N) is 2. The summed E-state index contributed by atoms with van der Waals surface area (Å²) >= 11 is 0. The van der Waals surface area contributed by atoms with Crippen LogP contribution in [0.3, 0.4) is 0 Å². The second-order valence-electron chi connectivity index (χ2n) is 5.05. The molecule has 0 radical (unpaired) electrons. The topological polar surface area (TPSA) is 16.1 Å². The van der Waals surface area contributed by atoms with Gasteiger partial charge in [0.05, 0.1) is 5.69 Å². The molecule has 22 heavy (non-hydrogen) atoms. The van der Waals surface area contributed by atoms with Crippen molar-refractivity contribution in [3.8, 4) is 0 Å². The third-order valence-electron chi connectivity index (χ3n) is 3.39. The van der Waals surface area contributed by atoms with Crippen molar-refractivity contribution in [3.63, 3.8) is 0 Å². The Bertz CT molecular complexity index is 570. The van der Waals surface area contributed by atoms with Gasteiger partial charge in [-0.25, -0.2) is 18.2 Å². The Balaban J connectivity index is 0.00000121. The molecule has 0 aliphatic heterocycles. The van der Waals surface area contributed by atoms with E-state index in [-0.39, 0.29) is 44.4 Å². The smallest absolute Gasteiger partial charge is 0.303 e. The molecule has 0 amide bonds. The van der Waals surface area contributed by atoms with E-state index in [0.717, 1.165) is 25.3 Å².